The maximum absolute atomic E-state index is 6.49. The van der Waals surface area contributed by atoms with Gasteiger partial charge in [-0.3, -0.25) is 0 Å². The number of hydrogen-bond donors (Lipinski definition) is 0. The van der Waals surface area contributed by atoms with Crippen molar-refractivity contribution in [1.29, 1.82) is 0 Å². The first-order valence-corrected chi connectivity index (χ1v) is 17.6. The third-order valence-corrected chi connectivity index (χ3v) is 8.37. The van der Waals surface area contributed by atoms with Crippen LogP contribution in [0.15, 0.2) is 24.3 Å². The minimum atomic E-state index is 0.0681. The Balaban J connectivity index is 1.48. The Hall–Kier alpha value is -0.640. The molecule has 2 aliphatic heterocycles. The molecule has 0 aromatic carbocycles. The predicted molar refractivity (Wildman–Crippen MR) is 169 cm³/mol. The van der Waals surface area contributed by atoms with Crippen LogP contribution in [0, 0.1) is 0 Å². The Morgan fingerprint density at radius 2 is 0.769 bits per heavy atom. The van der Waals surface area contributed by atoms with Gasteiger partial charge < -0.3 is 14.2 Å². The summed E-state index contributed by atoms with van der Waals surface area (Å²) in [7, 11) is 0. The second-order valence-electron chi connectivity index (χ2n) is 12.3. The highest BCUT2D eigenvalue weighted by atomic mass is 16.6. The summed E-state index contributed by atoms with van der Waals surface area (Å²) >= 11 is 0. The summed E-state index contributed by atoms with van der Waals surface area (Å²) in [4.78, 5) is 0. The highest BCUT2D eigenvalue weighted by Crippen LogP contribution is 2.26. The molecule has 0 aromatic rings. The maximum Gasteiger partial charge on any atom is 0.111 e. The van der Waals surface area contributed by atoms with Crippen LogP contribution in [0.1, 0.15) is 168 Å². The van der Waals surface area contributed by atoms with E-state index in [2.05, 4.69) is 38.2 Å². The van der Waals surface area contributed by atoms with Gasteiger partial charge in [-0.1, -0.05) is 167 Å². The first kappa shape index (κ1) is 34.6. The summed E-state index contributed by atoms with van der Waals surface area (Å²) in [6.07, 6.45) is 42.9. The van der Waals surface area contributed by atoms with Gasteiger partial charge in [0.2, 0.25) is 0 Å². The predicted octanol–water partition coefficient (Wildman–Crippen LogP) is 11.1. The molecule has 228 valence electrons. The van der Waals surface area contributed by atoms with Crippen LogP contribution >= 0.6 is 0 Å². The minimum Gasteiger partial charge on any atom is -0.370 e. The fourth-order valence-electron chi connectivity index (χ4n) is 5.50. The zero-order valence-corrected chi connectivity index (χ0v) is 26.2. The Bertz CT molecular complexity index is 528. The Morgan fingerprint density at radius 3 is 1.05 bits per heavy atom. The third-order valence-electron chi connectivity index (χ3n) is 8.37. The SMILES string of the molecule is CCCCCCCCCCCCCC=CC(OC(C=CCCCCCCCCCCCCC)C1CO1)C1CO1. The van der Waals surface area contributed by atoms with Crippen LogP contribution in [0.25, 0.3) is 0 Å². The minimum absolute atomic E-state index is 0.0681. The fraction of sp³-hybridized carbons (Fsp3) is 0.889. The van der Waals surface area contributed by atoms with Crippen molar-refractivity contribution in [2.45, 2.75) is 192 Å². The molecule has 2 fully saturated rings. The Morgan fingerprint density at radius 1 is 0.487 bits per heavy atom. The Kier molecular flexibility index (Phi) is 22.2. The molecule has 0 bridgehead atoms. The quantitative estimate of drug-likeness (QED) is 0.0510. The molecule has 0 aliphatic carbocycles. The van der Waals surface area contributed by atoms with Crippen LogP contribution in [0.4, 0.5) is 0 Å². The largest absolute Gasteiger partial charge is 0.370 e. The number of ether oxygens (including phenoxy) is 3. The molecule has 0 spiro atoms. The van der Waals surface area contributed by atoms with Crippen LogP contribution < -0.4 is 0 Å². The number of hydrogen-bond acceptors (Lipinski definition) is 3. The monoisotopic (exact) mass is 547 g/mol. The van der Waals surface area contributed by atoms with Gasteiger partial charge in [-0.15, -0.1) is 0 Å². The third kappa shape index (κ3) is 20.8. The molecule has 0 amide bonds. The zero-order valence-electron chi connectivity index (χ0n) is 26.2. The average molecular weight is 547 g/mol. The summed E-state index contributed by atoms with van der Waals surface area (Å²) in [5, 5.41) is 0. The standard InChI is InChI=1S/C36H66O3/c1-3-5-7-9-11-13-15-17-19-21-23-25-27-29-33(35-31-37-35)39-34(36-32-38-36)30-28-26-24-22-20-18-16-14-12-10-8-6-4-2/h27-30,33-36H,3-26,31-32H2,1-2H3. The van der Waals surface area contributed by atoms with E-state index in [1.165, 1.54) is 141 Å². The fourth-order valence-corrected chi connectivity index (χ4v) is 5.50. The molecular formula is C36H66O3. The van der Waals surface area contributed by atoms with Crippen molar-refractivity contribution >= 4 is 0 Å². The molecule has 4 atom stereocenters. The van der Waals surface area contributed by atoms with Gasteiger partial charge in [0, 0.05) is 0 Å². The first-order chi connectivity index (χ1) is 19.3. The molecule has 3 heteroatoms. The first-order valence-electron chi connectivity index (χ1n) is 17.6. The van der Waals surface area contributed by atoms with Gasteiger partial charge in [0.15, 0.2) is 0 Å². The molecule has 0 radical (unpaired) electrons. The lowest BCUT2D eigenvalue weighted by molar-refractivity contribution is 0.0113. The molecule has 0 aromatic heterocycles. The van der Waals surface area contributed by atoms with Gasteiger partial charge in [-0.05, 0) is 25.7 Å². The van der Waals surface area contributed by atoms with E-state index in [4.69, 9.17) is 14.2 Å². The molecule has 2 saturated heterocycles. The van der Waals surface area contributed by atoms with E-state index < -0.39 is 0 Å². The van der Waals surface area contributed by atoms with Crippen molar-refractivity contribution in [1.82, 2.24) is 0 Å². The number of epoxide rings is 2. The molecular weight excluding hydrogens is 480 g/mol. The van der Waals surface area contributed by atoms with Gasteiger partial charge in [0.05, 0.1) is 13.2 Å². The van der Waals surface area contributed by atoms with E-state index in [1.54, 1.807) is 0 Å². The molecule has 0 saturated carbocycles. The van der Waals surface area contributed by atoms with Gasteiger partial charge in [0.1, 0.15) is 24.4 Å². The van der Waals surface area contributed by atoms with Gasteiger partial charge >= 0.3 is 0 Å². The van der Waals surface area contributed by atoms with Crippen LogP contribution in [0.3, 0.4) is 0 Å². The van der Waals surface area contributed by atoms with E-state index in [0.717, 1.165) is 26.1 Å². The molecule has 2 aliphatic rings. The molecule has 0 N–H and O–H groups in total. The molecule has 3 nitrogen and oxygen atoms in total. The van der Waals surface area contributed by atoms with Crippen molar-refractivity contribution < 1.29 is 14.2 Å². The number of unbranched alkanes of at least 4 members (excludes halogenated alkanes) is 22. The van der Waals surface area contributed by atoms with Crippen molar-refractivity contribution in [2.75, 3.05) is 13.2 Å². The topological polar surface area (TPSA) is 34.3 Å². The van der Waals surface area contributed by atoms with Crippen molar-refractivity contribution in [3.05, 3.63) is 24.3 Å². The average Bonchev–Trinajstić information content (AvgIpc) is 3.86. The van der Waals surface area contributed by atoms with Crippen molar-refractivity contribution in [2.24, 2.45) is 0 Å². The zero-order chi connectivity index (χ0) is 27.6. The van der Waals surface area contributed by atoms with Crippen molar-refractivity contribution in [3.63, 3.8) is 0 Å². The van der Waals surface area contributed by atoms with E-state index in [0.29, 0.717) is 0 Å². The molecule has 4 unspecified atom stereocenters. The summed E-state index contributed by atoms with van der Waals surface area (Å²) < 4.78 is 17.7. The maximum atomic E-state index is 6.49. The number of allylic oxidation sites excluding steroid dienone is 2. The van der Waals surface area contributed by atoms with E-state index in [-0.39, 0.29) is 24.4 Å². The van der Waals surface area contributed by atoms with E-state index >= 15 is 0 Å². The summed E-state index contributed by atoms with van der Waals surface area (Å²) in [6, 6.07) is 0. The van der Waals surface area contributed by atoms with Gasteiger partial charge in [-0.25, -0.2) is 0 Å². The molecule has 39 heavy (non-hydrogen) atoms. The van der Waals surface area contributed by atoms with E-state index in [9.17, 15) is 0 Å². The van der Waals surface area contributed by atoms with Crippen LogP contribution in [-0.4, -0.2) is 37.6 Å². The number of rotatable bonds is 30. The normalized spacial score (nSPS) is 20.3. The lowest BCUT2D eigenvalue weighted by Crippen LogP contribution is -2.27. The van der Waals surface area contributed by atoms with Crippen LogP contribution in [-0.2, 0) is 14.2 Å². The van der Waals surface area contributed by atoms with Crippen LogP contribution in [0.5, 0.6) is 0 Å². The van der Waals surface area contributed by atoms with Crippen LogP contribution in [0.2, 0.25) is 0 Å². The summed E-state index contributed by atoms with van der Waals surface area (Å²) in [5.41, 5.74) is 0. The van der Waals surface area contributed by atoms with Crippen molar-refractivity contribution in [3.8, 4) is 0 Å². The molecule has 2 rings (SSSR count). The van der Waals surface area contributed by atoms with Gasteiger partial charge in [-0.2, -0.15) is 0 Å². The molecule has 2 heterocycles. The lowest BCUT2D eigenvalue weighted by Gasteiger charge is -2.18. The summed E-state index contributed by atoms with van der Waals surface area (Å²) in [6.45, 7) is 6.24. The lowest BCUT2D eigenvalue weighted by atomic mass is 10.0. The highest BCUT2D eigenvalue weighted by molar-refractivity contribution is 5.03. The Labute approximate surface area is 243 Å². The second kappa shape index (κ2) is 25.1. The summed E-state index contributed by atoms with van der Waals surface area (Å²) in [5.74, 6) is 0. The van der Waals surface area contributed by atoms with E-state index in [1.807, 2.05) is 0 Å². The van der Waals surface area contributed by atoms with Gasteiger partial charge in [0.25, 0.3) is 0 Å². The second-order valence-corrected chi connectivity index (χ2v) is 12.3. The highest BCUT2D eigenvalue weighted by Gasteiger charge is 2.38. The smallest absolute Gasteiger partial charge is 0.111 e.